The molecule has 140 valence electrons. The predicted molar refractivity (Wildman–Crippen MR) is 106 cm³/mol. The summed E-state index contributed by atoms with van der Waals surface area (Å²) in [4.78, 5) is 33.3. The lowest BCUT2D eigenvalue weighted by Gasteiger charge is -2.42. The molecule has 4 rings (SSSR count). The monoisotopic (exact) mass is 364 g/mol. The van der Waals surface area contributed by atoms with E-state index in [1.165, 1.54) is 11.3 Å². The van der Waals surface area contributed by atoms with E-state index >= 15 is 0 Å². The van der Waals surface area contributed by atoms with Gasteiger partial charge >= 0.3 is 0 Å². The van der Waals surface area contributed by atoms with E-state index < -0.39 is 5.54 Å². The molecule has 3 aliphatic rings. The minimum absolute atomic E-state index is 0.0755. The van der Waals surface area contributed by atoms with Crippen LogP contribution in [0.3, 0.4) is 0 Å². The van der Waals surface area contributed by atoms with Crippen LogP contribution in [0.4, 0.5) is 5.69 Å². The van der Waals surface area contributed by atoms with Crippen LogP contribution in [0.2, 0.25) is 0 Å². The quantitative estimate of drug-likeness (QED) is 0.888. The molecule has 1 aromatic carbocycles. The topological polar surface area (TPSA) is 65.0 Å². The summed E-state index contributed by atoms with van der Waals surface area (Å²) >= 11 is 0. The minimum Gasteiger partial charge on any atom is -0.369 e. The second-order valence-corrected chi connectivity index (χ2v) is 7.51. The van der Waals surface area contributed by atoms with Gasteiger partial charge in [-0.1, -0.05) is 18.2 Å². The van der Waals surface area contributed by atoms with Gasteiger partial charge < -0.3 is 15.1 Å². The molecule has 6 heteroatoms. The second-order valence-electron chi connectivity index (χ2n) is 7.51. The fourth-order valence-electron chi connectivity index (χ4n) is 3.96. The Labute approximate surface area is 159 Å². The number of para-hydroxylation sites is 1. The van der Waals surface area contributed by atoms with E-state index in [9.17, 15) is 9.59 Å². The number of benzene rings is 1. The highest BCUT2D eigenvalue weighted by atomic mass is 16.2. The summed E-state index contributed by atoms with van der Waals surface area (Å²) in [6.07, 6.45) is 6.73. The number of nitrogens with zero attached hydrogens (tertiary/aromatic N) is 3. The summed E-state index contributed by atoms with van der Waals surface area (Å²) in [5.74, 6) is 0.137. The van der Waals surface area contributed by atoms with E-state index in [0.717, 1.165) is 25.1 Å². The molecule has 0 unspecified atom stereocenters. The Kier molecular flexibility index (Phi) is 4.34. The average molecular weight is 364 g/mol. The molecule has 1 N–H and O–H groups in total. The molecule has 27 heavy (non-hydrogen) atoms. The highest BCUT2D eigenvalue weighted by Gasteiger charge is 2.45. The molecule has 0 aliphatic carbocycles. The van der Waals surface area contributed by atoms with Gasteiger partial charge in [0.25, 0.3) is 5.91 Å². The number of rotatable bonds is 4. The van der Waals surface area contributed by atoms with Gasteiger partial charge in [0.15, 0.2) is 0 Å². The molecule has 0 spiro atoms. The number of amidine groups is 1. The highest BCUT2D eigenvalue weighted by molar-refractivity contribution is 6.09. The Hall–Kier alpha value is -2.89. The molecule has 0 aromatic heterocycles. The first kappa shape index (κ1) is 17.5. The molecule has 0 saturated carbocycles. The van der Waals surface area contributed by atoms with Crippen molar-refractivity contribution in [2.75, 3.05) is 24.5 Å². The molecule has 0 fully saturated rings. The van der Waals surface area contributed by atoms with Crippen molar-refractivity contribution in [1.29, 1.82) is 0 Å². The third-order valence-electron chi connectivity index (χ3n) is 5.50. The first-order chi connectivity index (χ1) is 13.0. The third kappa shape index (κ3) is 3.16. The summed E-state index contributed by atoms with van der Waals surface area (Å²) < 4.78 is 0. The van der Waals surface area contributed by atoms with Crippen LogP contribution < -0.4 is 10.2 Å². The number of hydrogen-bond acceptors (Lipinski definition) is 4. The molecule has 2 amide bonds. The van der Waals surface area contributed by atoms with Gasteiger partial charge in [-0.25, -0.2) is 0 Å². The molecule has 6 nitrogen and oxygen atoms in total. The summed E-state index contributed by atoms with van der Waals surface area (Å²) in [5.41, 5.74) is 2.66. The molecule has 3 aliphatic heterocycles. The number of nitrogens with one attached hydrogen (secondary N) is 1. The number of carbonyl (C=O) groups excluding carboxylic acids is 2. The molecule has 1 aromatic rings. The van der Waals surface area contributed by atoms with Crippen molar-refractivity contribution in [1.82, 2.24) is 10.2 Å². The van der Waals surface area contributed by atoms with Crippen molar-refractivity contribution >= 4 is 23.3 Å². The first-order valence-corrected chi connectivity index (χ1v) is 9.36. The van der Waals surface area contributed by atoms with Gasteiger partial charge in [-0.2, -0.15) is 4.99 Å². The number of hydrogen-bond donors (Lipinski definition) is 1. The van der Waals surface area contributed by atoms with Crippen LogP contribution in [0.1, 0.15) is 25.8 Å². The normalized spacial score (nSPS) is 23.6. The lowest BCUT2D eigenvalue weighted by atomic mass is 9.90. The number of allylic oxidation sites excluding steroid dienone is 2. The summed E-state index contributed by atoms with van der Waals surface area (Å²) in [6, 6.07) is 8.39. The molecule has 0 saturated heterocycles. The Bertz CT molecular complexity index is 886. The fraction of sp³-hybridized carbons (Fsp3) is 0.381. The van der Waals surface area contributed by atoms with Crippen molar-refractivity contribution in [3.05, 3.63) is 53.8 Å². The van der Waals surface area contributed by atoms with E-state index in [2.05, 4.69) is 33.4 Å². The van der Waals surface area contributed by atoms with Crippen LogP contribution in [0.5, 0.6) is 0 Å². The van der Waals surface area contributed by atoms with Gasteiger partial charge in [0.2, 0.25) is 5.91 Å². The van der Waals surface area contributed by atoms with Gasteiger partial charge in [0.1, 0.15) is 11.4 Å². The summed E-state index contributed by atoms with van der Waals surface area (Å²) in [7, 11) is 0. The fourth-order valence-corrected chi connectivity index (χ4v) is 3.96. The van der Waals surface area contributed by atoms with E-state index in [-0.39, 0.29) is 18.2 Å². The summed E-state index contributed by atoms with van der Waals surface area (Å²) in [6.45, 7) is 6.01. The van der Waals surface area contributed by atoms with Gasteiger partial charge in [-0.05, 0) is 49.6 Å². The minimum atomic E-state index is -0.954. The van der Waals surface area contributed by atoms with Gasteiger partial charge in [-0.15, -0.1) is 0 Å². The molecule has 0 bridgehead atoms. The van der Waals surface area contributed by atoms with Crippen LogP contribution in [0.15, 0.2) is 53.2 Å². The van der Waals surface area contributed by atoms with E-state index in [0.29, 0.717) is 12.4 Å². The standard InChI is InChI=1S/C21H24N4O2/c1-15-7-11-25-18(13-15)23-19(26)14-21(25,2)20(27)22-9-12-24-10-8-16-5-3-4-6-17(16)24/h3-7,11,13H,8-10,12,14H2,1-2H3,(H,22,27)/t21-/m0/s1. The van der Waals surface area contributed by atoms with E-state index in [1.54, 1.807) is 6.92 Å². The molecular weight excluding hydrogens is 340 g/mol. The summed E-state index contributed by atoms with van der Waals surface area (Å²) in [5, 5.41) is 3.03. The lowest BCUT2D eigenvalue weighted by molar-refractivity contribution is -0.134. The van der Waals surface area contributed by atoms with Crippen molar-refractivity contribution < 1.29 is 9.59 Å². The zero-order valence-electron chi connectivity index (χ0n) is 15.7. The zero-order chi connectivity index (χ0) is 19.0. The second kappa shape index (κ2) is 6.68. The van der Waals surface area contributed by atoms with Gasteiger partial charge in [-0.3, -0.25) is 9.59 Å². The maximum absolute atomic E-state index is 13.0. The van der Waals surface area contributed by atoms with Crippen molar-refractivity contribution in [3.63, 3.8) is 0 Å². The zero-order valence-corrected chi connectivity index (χ0v) is 15.7. The van der Waals surface area contributed by atoms with E-state index in [1.807, 2.05) is 36.2 Å². The Balaban J connectivity index is 1.42. The predicted octanol–water partition coefficient (Wildman–Crippen LogP) is 2.03. The largest absolute Gasteiger partial charge is 0.369 e. The number of anilines is 1. The molecule has 0 radical (unpaired) electrons. The smallest absolute Gasteiger partial charge is 0.250 e. The third-order valence-corrected chi connectivity index (χ3v) is 5.50. The lowest BCUT2D eigenvalue weighted by Crippen LogP contribution is -2.60. The van der Waals surface area contributed by atoms with Crippen LogP contribution in [0, 0.1) is 0 Å². The Morgan fingerprint density at radius 3 is 3.00 bits per heavy atom. The van der Waals surface area contributed by atoms with Gasteiger partial charge in [0, 0.05) is 31.5 Å². The number of fused-ring (bicyclic) bond motifs is 2. The number of aliphatic imine (C=N–C) groups is 1. The van der Waals surface area contributed by atoms with Gasteiger partial charge in [0.05, 0.1) is 6.42 Å². The number of carbonyl (C=O) groups is 2. The first-order valence-electron chi connectivity index (χ1n) is 9.36. The van der Waals surface area contributed by atoms with Crippen molar-refractivity contribution in [2.45, 2.75) is 32.2 Å². The van der Waals surface area contributed by atoms with Crippen molar-refractivity contribution in [3.8, 4) is 0 Å². The van der Waals surface area contributed by atoms with Crippen LogP contribution >= 0.6 is 0 Å². The molecule has 1 atom stereocenters. The maximum Gasteiger partial charge on any atom is 0.250 e. The SMILES string of the molecule is CC1=CC2=NC(=O)C[C@@](C)(C(=O)NCCN3CCc4ccccc43)N2C=C1. The maximum atomic E-state index is 13.0. The van der Waals surface area contributed by atoms with Crippen LogP contribution in [-0.2, 0) is 16.0 Å². The van der Waals surface area contributed by atoms with Crippen molar-refractivity contribution in [2.24, 2.45) is 4.99 Å². The highest BCUT2D eigenvalue weighted by Crippen LogP contribution is 2.29. The van der Waals surface area contributed by atoms with E-state index in [4.69, 9.17) is 0 Å². The Morgan fingerprint density at radius 2 is 2.15 bits per heavy atom. The van der Waals surface area contributed by atoms with Crippen LogP contribution in [-0.4, -0.2) is 47.7 Å². The van der Waals surface area contributed by atoms with Crippen LogP contribution in [0.25, 0.3) is 0 Å². The number of amides is 2. The Morgan fingerprint density at radius 1 is 1.33 bits per heavy atom. The molecular formula is C21H24N4O2. The molecule has 3 heterocycles. The average Bonchev–Trinajstić information content (AvgIpc) is 3.04.